The molecular formula is C11H11F2N3O4S. The third-order valence-corrected chi connectivity index (χ3v) is 4.45. The smallest absolute Gasteiger partial charge is 0.325 e. The molecule has 1 heterocycles. The van der Waals surface area contributed by atoms with Crippen LogP contribution in [0.4, 0.5) is 14.5 Å². The van der Waals surface area contributed by atoms with Gasteiger partial charge in [-0.2, -0.15) is 8.78 Å². The van der Waals surface area contributed by atoms with Crippen LogP contribution in [0.1, 0.15) is 12.7 Å². The van der Waals surface area contributed by atoms with Gasteiger partial charge in [-0.1, -0.05) is 6.92 Å². The molecule has 2 aromatic rings. The van der Waals surface area contributed by atoms with E-state index in [1.165, 1.54) is 4.57 Å². The molecule has 7 nitrogen and oxygen atoms in total. The summed E-state index contributed by atoms with van der Waals surface area (Å²) >= 11 is 0. The van der Waals surface area contributed by atoms with Gasteiger partial charge in [0.05, 0.1) is 15.3 Å². The average molecular weight is 319 g/mol. The molecule has 0 radical (unpaired) electrons. The fourth-order valence-electron chi connectivity index (χ4n) is 2.07. The molecule has 10 heteroatoms. The highest BCUT2D eigenvalue weighted by Crippen LogP contribution is 2.31. The summed E-state index contributed by atoms with van der Waals surface area (Å²) in [6.45, 7) is 1.77. The number of nitro groups is 1. The Morgan fingerprint density at radius 2 is 2.05 bits per heavy atom. The monoisotopic (exact) mass is 319 g/mol. The third-order valence-electron chi connectivity index (χ3n) is 3.09. The minimum atomic E-state index is -4.92. The van der Waals surface area contributed by atoms with Crippen LogP contribution < -0.4 is 0 Å². The van der Waals surface area contributed by atoms with Crippen molar-refractivity contribution in [2.45, 2.75) is 24.0 Å². The summed E-state index contributed by atoms with van der Waals surface area (Å²) in [5, 5.41) is 11.1. The molecule has 114 valence electrons. The number of fused-ring (bicyclic) bond motifs is 1. The van der Waals surface area contributed by atoms with Gasteiger partial charge in [0.2, 0.25) is 9.84 Å². The SMILES string of the molecule is CCc1nc2cc(S(=O)(=O)C(F)F)cc([N+](=O)[O-])c2n1C. The summed E-state index contributed by atoms with van der Waals surface area (Å²) in [6, 6.07) is 1.58. The Morgan fingerprint density at radius 1 is 1.43 bits per heavy atom. The van der Waals surface area contributed by atoms with Crippen LogP contribution in [0, 0.1) is 10.1 Å². The van der Waals surface area contributed by atoms with Crippen molar-refractivity contribution < 1.29 is 22.1 Å². The Hall–Kier alpha value is -2.10. The van der Waals surface area contributed by atoms with Gasteiger partial charge in [-0.3, -0.25) is 10.1 Å². The molecule has 1 aromatic carbocycles. The summed E-state index contributed by atoms with van der Waals surface area (Å²) in [5.74, 6) is -3.16. The molecule has 0 fully saturated rings. The molecule has 1 aromatic heterocycles. The van der Waals surface area contributed by atoms with Crippen molar-refractivity contribution in [3.63, 3.8) is 0 Å². The van der Waals surface area contributed by atoms with Crippen molar-refractivity contribution >= 4 is 26.6 Å². The van der Waals surface area contributed by atoms with Gasteiger partial charge in [0.25, 0.3) is 5.69 Å². The number of aryl methyl sites for hydroxylation is 2. The Kier molecular flexibility index (Phi) is 3.66. The second kappa shape index (κ2) is 5.02. The van der Waals surface area contributed by atoms with E-state index in [0.717, 1.165) is 6.07 Å². The van der Waals surface area contributed by atoms with Crippen LogP contribution in [-0.2, 0) is 23.3 Å². The van der Waals surface area contributed by atoms with Crippen molar-refractivity contribution in [2.24, 2.45) is 7.05 Å². The maximum absolute atomic E-state index is 12.6. The van der Waals surface area contributed by atoms with Crippen LogP contribution in [0.3, 0.4) is 0 Å². The second-order valence-electron chi connectivity index (χ2n) is 4.31. The fraction of sp³-hybridized carbons (Fsp3) is 0.364. The van der Waals surface area contributed by atoms with E-state index in [-0.39, 0.29) is 11.0 Å². The van der Waals surface area contributed by atoms with Crippen LogP contribution in [0.25, 0.3) is 11.0 Å². The number of nitro benzene ring substituents is 1. The lowest BCUT2D eigenvalue weighted by molar-refractivity contribution is -0.383. The van der Waals surface area contributed by atoms with Crippen LogP contribution in [0.2, 0.25) is 0 Å². The first-order chi connectivity index (χ1) is 9.70. The molecule has 21 heavy (non-hydrogen) atoms. The van der Waals surface area contributed by atoms with Crippen LogP contribution in [-0.4, -0.2) is 28.6 Å². The van der Waals surface area contributed by atoms with Crippen molar-refractivity contribution in [1.82, 2.24) is 9.55 Å². The Bertz CT molecular complexity index is 830. The van der Waals surface area contributed by atoms with E-state index in [9.17, 15) is 27.3 Å². The predicted molar refractivity (Wildman–Crippen MR) is 69.9 cm³/mol. The quantitative estimate of drug-likeness (QED) is 0.635. The first-order valence-electron chi connectivity index (χ1n) is 5.86. The highest BCUT2D eigenvalue weighted by Gasteiger charge is 2.31. The van der Waals surface area contributed by atoms with Crippen molar-refractivity contribution in [2.75, 3.05) is 0 Å². The molecule has 0 saturated heterocycles. The van der Waals surface area contributed by atoms with Gasteiger partial charge in [0.15, 0.2) is 0 Å². The number of benzene rings is 1. The van der Waals surface area contributed by atoms with E-state index in [0.29, 0.717) is 18.3 Å². The van der Waals surface area contributed by atoms with Gasteiger partial charge in [0.1, 0.15) is 11.3 Å². The highest BCUT2D eigenvalue weighted by atomic mass is 32.2. The van der Waals surface area contributed by atoms with Gasteiger partial charge in [-0.15, -0.1) is 0 Å². The minimum Gasteiger partial charge on any atom is -0.325 e. The Balaban J connectivity index is 2.89. The molecule has 2 rings (SSSR count). The Labute approximate surface area is 118 Å². The molecule has 0 N–H and O–H groups in total. The fourth-order valence-corrected chi connectivity index (χ4v) is 2.83. The molecule has 0 bridgehead atoms. The van der Waals surface area contributed by atoms with Crippen molar-refractivity contribution in [3.8, 4) is 0 Å². The number of hydrogen-bond acceptors (Lipinski definition) is 5. The van der Waals surface area contributed by atoms with E-state index >= 15 is 0 Å². The standard InChI is InChI=1S/C11H11F2N3O4S/c1-3-9-14-7-4-6(21(19,20)11(12)13)5-8(16(17)18)10(7)15(9)2/h4-5,11H,3H2,1-2H3. The summed E-state index contributed by atoms with van der Waals surface area (Å²) in [4.78, 5) is 13.5. The molecule has 0 atom stereocenters. The van der Waals surface area contributed by atoms with Crippen LogP contribution >= 0.6 is 0 Å². The summed E-state index contributed by atoms with van der Waals surface area (Å²) in [5.41, 5.74) is -0.464. The highest BCUT2D eigenvalue weighted by molar-refractivity contribution is 7.91. The lowest BCUT2D eigenvalue weighted by atomic mass is 10.2. The van der Waals surface area contributed by atoms with Gasteiger partial charge in [0, 0.05) is 19.5 Å². The van der Waals surface area contributed by atoms with Crippen LogP contribution in [0.15, 0.2) is 17.0 Å². The number of aromatic nitrogens is 2. The molecule has 0 aliphatic heterocycles. The lowest BCUT2D eigenvalue weighted by Crippen LogP contribution is -2.12. The molecule has 0 unspecified atom stereocenters. The average Bonchev–Trinajstić information content (AvgIpc) is 2.74. The number of alkyl halides is 2. The van der Waals surface area contributed by atoms with Gasteiger partial charge in [-0.25, -0.2) is 13.4 Å². The van der Waals surface area contributed by atoms with Crippen LogP contribution in [0.5, 0.6) is 0 Å². The maximum atomic E-state index is 12.6. The molecular weight excluding hydrogens is 308 g/mol. The maximum Gasteiger partial charge on any atom is 0.341 e. The number of sulfone groups is 1. The lowest BCUT2D eigenvalue weighted by Gasteiger charge is -2.04. The number of rotatable bonds is 4. The number of hydrogen-bond donors (Lipinski definition) is 0. The Morgan fingerprint density at radius 3 is 2.52 bits per heavy atom. The molecule has 0 spiro atoms. The van der Waals surface area contributed by atoms with Gasteiger partial charge >= 0.3 is 5.76 Å². The van der Waals surface area contributed by atoms with E-state index in [1.807, 2.05) is 0 Å². The largest absolute Gasteiger partial charge is 0.341 e. The summed E-state index contributed by atoms with van der Waals surface area (Å²) in [7, 11) is -3.38. The van der Waals surface area contributed by atoms with Crippen molar-refractivity contribution in [3.05, 3.63) is 28.1 Å². The zero-order valence-electron chi connectivity index (χ0n) is 11.1. The molecule has 0 amide bonds. The van der Waals surface area contributed by atoms with Crippen molar-refractivity contribution in [1.29, 1.82) is 0 Å². The first-order valence-corrected chi connectivity index (χ1v) is 7.40. The second-order valence-corrected chi connectivity index (χ2v) is 6.23. The number of non-ortho nitro benzene ring substituents is 1. The topological polar surface area (TPSA) is 95.1 Å². The van der Waals surface area contributed by atoms with Gasteiger partial charge in [-0.05, 0) is 6.07 Å². The van der Waals surface area contributed by atoms with Gasteiger partial charge < -0.3 is 4.57 Å². The van der Waals surface area contributed by atoms with E-state index in [1.54, 1.807) is 14.0 Å². The summed E-state index contributed by atoms with van der Waals surface area (Å²) < 4.78 is 49.7. The molecule has 0 aliphatic carbocycles. The third kappa shape index (κ3) is 2.35. The van der Waals surface area contributed by atoms with E-state index in [2.05, 4.69) is 4.98 Å². The molecule has 0 saturated carbocycles. The number of imidazole rings is 1. The minimum absolute atomic E-state index is 0.00257. The number of halogens is 2. The van der Waals surface area contributed by atoms with E-state index < -0.39 is 31.1 Å². The normalized spacial score (nSPS) is 12.2. The first kappa shape index (κ1) is 15.3. The number of nitrogens with zero attached hydrogens (tertiary/aromatic N) is 3. The zero-order valence-corrected chi connectivity index (χ0v) is 11.9. The molecule has 0 aliphatic rings. The zero-order chi connectivity index (χ0) is 15.9. The predicted octanol–water partition coefficient (Wildman–Crippen LogP) is 2.04. The summed E-state index contributed by atoms with van der Waals surface area (Å²) in [6.07, 6.45) is 0.458. The van der Waals surface area contributed by atoms with E-state index in [4.69, 9.17) is 0 Å².